The summed E-state index contributed by atoms with van der Waals surface area (Å²) < 4.78 is 6.45. The summed E-state index contributed by atoms with van der Waals surface area (Å²) in [5.74, 6) is 2.75. The first-order valence-corrected chi connectivity index (χ1v) is 10.4. The molecular weight excluding hydrogens is 320 g/mol. The molecule has 1 saturated carbocycles. The van der Waals surface area contributed by atoms with Gasteiger partial charge < -0.3 is 9.64 Å². The molecule has 0 N–H and O–H groups in total. The third kappa shape index (κ3) is 6.03. The third-order valence-corrected chi connectivity index (χ3v) is 5.88. The van der Waals surface area contributed by atoms with Crippen LogP contribution < -0.4 is 0 Å². The molecule has 0 spiro atoms. The predicted molar refractivity (Wildman–Crippen MR) is 112 cm³/mol. The van der Waals surface area contributed by atoms with E-state index < -0.39 is 0 Å². The molecule has 0 aliphatic heterocycles. The topological polar surface area (TPSA) is 24.8 Å². The summed E-state index contributed by atoms with van der Waals surface area (Å²) in [6, 6.07) is 0. The molecule has 2 aliphatic rings. The minimum Gasteiger partial charge on any atom is -0.490 e. The average Bonchev–Trinajstić information content (AvgIpc) is 2.63. The Balaban J connectivity index is 2.04. The van der Waals surface area contributed by atoms with Crippen molar-refractivity contribution < 1.29 is 4.74 Å². The molecule has 3 nitrogen and oxygen atoms in total. The van der Waals surface area contributed by atoms with Crippen LogP contribution in [0.25, 0.3) is 0 Å². The third-order valence-electron chi connectivity index (χ3n) is 5.88. The second-order valence-electron chi connectivity index (χ2n) is 8.32. The summed E-state index contributed by atoms with van der Waals surface area (Å²) in [5, 5.41) is 0. The maximum atomic E-state index is 6.45. The summed E-state index contributed by atoms with van der Waals surface area (Å²) in [6.45, 7) is 12.1. The van der Waals surface area contributed by atoms with Gasteiger partial charge in [-0.05, 0) is 94.4 Å². The van der Waals surface area contributed by atoms with Gasteiger partial charge in [0.1, 0.15) is 5.76 Å². The maximum absolute atomic E-state index is 6.45. The van der Waals surface area contributed by atoms with Crippen molar-refractivity contribution in [1.82, 2.24) is 4.90 Å². The predicted octanol–water partition coefficient (Wildman–Crippen LogP) is 6.10. The van der Waals surface area contributed by atoms with E-state index in [4.69, 9.17) is 9.73 Å². The van der Waals surface area contributed by atoms with Gasteiger partial charge in [-0.15, -0.1) is 0 Å². The minimum absolute atomic E-state index is 0.377. The number of ether oxygens (including phenoxy) is 1. The van der Waals surface area contributed by atoms with Gasteiger partial charge in [0.25, 0.3) is 0 Å². The van der Waals surface area contributed by atoms with E-state index in [0.717, 1.165) is 42.7 Å². The highest BCUT2D eigenvalue weighted by molar-refractivity contribution is 5.58. The van der Waals surface area contributed by atoms with Crippen LogP contribution in [0.15, 0.2) is 39.7 Å². The van der Waals surface area contributed by atoms with Crippen LogP contribution in [-0.2, 0) is 4.74 Å². The summed E-state index contributed by atoms with van der Waals surface area (Å²) in [7, 11) is 2.06. The van der Waals surface area contributed by atoms with E-state index in [1.54, 1.807) is 0 Å². The van der Waals surface area contributed by atoms with Crippen molar-refractivity contribution in [3.05, 3.63) is 34.8 Å². The smallest absolute Gasteiger partial charge is 0.118 e. The van der Waals surface area contributed by atoms with Crippen LogP contribution in [0.5, 0.6) is 0 Å². The highest BCUT2D eigenvalue weighted by Gasteiger charge is 2.25. The van der Waals surface area contributed by atoms with Crippen LogP contribution in [0, 0.1) is 11.8 Å². The molecule has 1 fully saturated rings. The summed E-state index contributed by atoms with van der Waals surface area (Å²) >= 11 is 0. The summed E-state index contributed by atoms with van der Waals surface area (Å²) in [4.78, 5) is 6.82. The van der Waals surface area contributed by atoms with Crippen molar-refractivity contribution in [3.63, 3.8) is 0 Å². The molecule has 26 heavy (non-hydrogen) atoms. The Morgan fingerprint density at radius 3 is 2.54 bits per heavy atom. The number of rotatable bonds is 6. The van der Waals surface area contributed by atoms with E-state index in [9.17, 15) is 0 Å². The van der Waals surface area contributed by atoms with Crippen molar-refractivity contribution in [3.8, 4) is 0 Å². The number of allylic oxidation sites excluding steroid dienone is 4. The lowest BCUT2D eigenvalue weighted by Gasteiger charge is -2.32. The first-order chi connectivity index (χ1) is 12.4. The highest BCUT2D eigenvalue weighted by Crippen LogP contribution is 2.33. The number of nitrogens with zero attached hydrogens (tertiary/aromatic N) is 2. The Kier molecular flexibility index (Phi) is 7.99. The van der Waals surface area contributed by atoms with Crippen LogP contribution >= 0.6 is 0 Å². The molecule has 0 atom stereocenters. The Labute approximate surface area is 160 Å². The van der Waals surface area contributed by atoms with Gasteiger partial charge in [0.2, 0.25) is 0 Å². The first-order valence-electron chi connectivity index (χ1n) is 10.4. The number of hydrogen-bond donors (Lipinski definition) is 0. The van der Waals surface area contributed by atoms with Gasteiger partial charge in [-0.2, -0.15) is 0 Å². The van der Waals surface area contributed by atoms with Crippen molar-refractivity contribution in [2.75, 3.05) is 13.6 Å². The van der Waals surface area contributed by atoms with Crippen molar-refractivity contribution in [2.24, 2.45) is 16.8 Å². The Hall–Kier alpha value is -1.51. The van der Waals surface area contributed by atoms with Gasteiger partial charge in [0.05, 0.1) is 18.1 Å². The van der Waals surface area contributed by atoms with E-state index in [2.05, 4.69) is 58.7 Å². The minimum atomic E-state index is 0.377. The van der Waals surface area contributed by atoms with Gasteiger partial charge in [-0.25, -0.2) is 4.99 Å². The Bertz CT molecular complexity index is 575. The average molecular weight is 359 g/mol. The standard InChI is InChI=1S/C23H38N2O/c1-7-25(6)16-24-22-15-19(5)23(10-8-9-18(22)4)26-21-13-11-20(12-14-21)17(2)3/h10,15-17,20-21H,7-9,11-14H2,1-6H3. The van der Waals surface area contributed by atoms with Crippen LogP contribution in [-0.4, -0.2) is 30.9 Å². The highest BCUT2D eigenvalue weighted by atomic mass is 16.5. The molecule has 0 amide bonds. The summed E-state index contributed by atoms with van der Waals surface area (Å²) in [5.41, 5.74) is 3.62. The number of hydrogen-bond acceptors (Lipinski definition) is 2. The Morgan fingerprint density at radius 1 is 1.23 bits per heavy atom. The molecule has 3 heteroatoms. The molecule has 0 bridgehead atoms. The van der Waals surface area contributed by atoms with Crippen LogP contribution in [0.4, 0.5) is 0 Å². The normalized spacial score (nSPS) is 25.0. The molecule has 0 saturated heterocycles. The SMILES string of the molecule is CCN(C)C=NC1=C(C)CCC=C(OC2CCC(C(C)C)CC2)C(C)=C1. The zero-order chi connectivity index (χ0) is 19.1. The number of aliphatic imine (C=N–C) groups is 1. The molecule has 0 aromatic rings. The van der Waals surface area contributed by atoms with Crippen LogP contribution in [0.3, 0.4) is 0 Å². The molecular formula is C23H38N2O. The van der Waals surface area contributed by atoms with E-state index in [1.165, 1.54) is 36.8 Å². The summed E-state index contributed by atoms with van der Waals surface area (Å²) in [6.07, 6.45) is 13.8. The van der Waals surface area contributed by atoms with Gasteiger partial charge >= 0.3 is 0 Å². The fraction of sp³-hybridized carbons (Fsp3) is 0.696. The molecule has 0 aromatic carbocycles. The van der Waals surface area contributed by atoms with Gasteiger partial charge in [0, 0.05) is 13.6 Å². The first kappa shape index (κ1) is 20.8. The lowest BCUT2D eigenvalue weighted by molar-refractivity contribution is 0.0629. The molecule has 146 valence electrons. The van der Waals surface area contributed by atoms with Crippen molar-refractivity contribution >= 4 is 6.34 Å². The van der Waals surface area contributed by atoms with Gasteiger partial charge in [-0.1, -0.05) is 13.8 Å². The van der Waals surface area contributed by atoms with Gasteiger partial charge in [-0.3, -0.25) is 0 Å². The quantitative estimate of drug-likeness (QED) is 0.423. The zero-order valence-corrected chi connectivity index (χ0v) is 17.7. The fourth-order valence-corrected chi connectivity index (χ4v) is 3.69. The fourth-order valence-electron chi connectivity index (χ4n) is 3.69. The lowest BCUT2D eigenvalue weighted by Crippen LogP contribution is -2.24. The van der Waals surface area contributed by atoms with E-state index >= 15 is 0 Å². The largest absolute Gasteiger partial charge is 0.490 e. The second-order valence-corrected chi connectivity index (χ2v) is 8.32. The monoisotopic (exact) mass is 358 g/mol. The maximum Gasteiger partial charge on any atom is 0.118 e. The van der Waals surface area contributed by atoms with E-state index in [0.29, 0.717) is 6.10 Å². The zero-order valence-electron chi connectivity index (χ0n) is 17.7. The molecule has 0 aromatic heterocycles. The molecule has 0 unspecified atom stereocenters. The van der Waals surface area contributed by atoms with E-state index in [1.807, 2.05) is 6.34 Å². The second kappa shape index (κ2) is 9.99. The van der Waals surface area contributed by atoms with Crippen molar-refractivity contribution in [2.45, 2.75) is 79.2 Å². The molecule has 2 aliphatic carbocycles. The van der Waals surface area contributed by atoms with Gasteiger partial charge in [0.15, 0.2) is 0 Å². The van der Waals surface area contributed by atoms with Crippen LogP contribution in [0.1, 0.15) is 73.1 Å². The Morgan fingerprint density at radius 2 is 1.92 bits per heavy atom. The molecule has 0 heterocycles. The van der Waals surface area contributed by atoms with Crippen molar-refractivity contribution in [1.29, 1.82) is 0 Å². The lowest BCUT2D eigenvalue weighted by atomic mass is 9.80. The van der Waals surface area contributed by atoms with E-state index in [-0.39, 0.29) is 0 Å². The molecule has 0 radical (unpaired) electrons. The molecule has 2 rings (SSSR count). The van der Waals surface area contributed by atoms with Crippen LogP contribution in [0.2, 0.25) is 0 Å².